The fourth-order valence-corrected chi connectivity index (χ4v) is 4.56. The first kappa shape index (κ1) is 25.6. The number of Topliss-reactive ketones (excluding diaryl/α,β-unsaturated/α-hetero) is 1. The van der Waals surface area contributed by atoms with Crippen molar-refractivity contribution in [2.75, 3.05) is 18.1 Å². The Kier molecular flexibility index (Phi) is 7.57. The summed E-state index contributed by atoms with van der Waals surface area (Å²) in [6.45, 7) is 6.34. The first-order valence-electron chi connectivity index (χ1n) is 11.5. The molecule has 1 aliphatic heterocycles. The first-order chi connectivity index (χ1) is 17.3. The van der Waals surface area contributed by atoms with Gasteiger partial charge >= 0.3 is 0 Å². The maximum absolute atomic E-state index is 13.4. The van der Waals surface area contributed by atoms with Gasteiger partial charge in [0.15, 0.2) is 0 Å². The predicted octanol–water partition coefficient (Wildman–Crippen LogP) is 6.73. The normalized spacial score (nSPS) is 16.9. The highest BCUT2D eigenvalue weighted by atomic mass is 35.5. The van der Waals surface area contributed by atoms with E-state index in [1.165, 1.54) is 4.90 Å². The molecule has 3 aromatic rings. The van der Waals surface area contributed by atoms with Crippen LogP contribution in [0, 0.1) is 6.92 Å². The molecule has 4 rings (SSSR count). The van der Waals surface area contributed by atoms with Gasteiger partial charge in [-0.05, 0) is 68.3 Å². The molecule has 186 valence electrons. The number of hydrogen-bond acceptors (Lipinski definition) is 5. The molecule has 3 aromatic carbocycles. The van der Waals surface area contributed by atoms with E-state index in [9.17, 15) is 14.7 Å². The second kappa shape index (κ2) is 10.6. The van der Waals surface area contributed by atoms with Gasteiger partial charge in [-0.2, -0.15) is 0 Å². The zero-order valence-corrected chi connectivity index (χ0v) is 21.6. The third kappa shape index (κ3) is 4.79. The third-order valence-corrected chi connectivity index (χ3v) is 6.54. The van der Waals surface area contributed by atoms with Crippen molar-refractivity contribution < 1.29 is 24.2 Å². The Hall–Kier alpha value is -3.48. The molecular weight excluding hydrogens is 501 g/mol. The van der Waals surface area contributed by atoms with Crippen molar-refractivity contribution in [3.8, 4) is 11.5 Å². The van der Waals surface area contributed by atoms with Crippen LogP contribution in [0.3, 0.4) is 0 Å². The monoisotopic (exact) mass is 525 g/mol. The van der Waals surface area contributed by atoms with Crippen molar-refractivity contribution in [3.63, 3.8) is 0 Å². The minimum Gasteiger partial charge on any atom is -0.507 e. The number of benzene rings is 3. The molecule has 1 atom stereocenters. The van der Waals surface area contributed by atoms with E-state index >= 15 is 0 Å². The van der Waals surface area contributed by atoms with Gasteiger partial charge in [-0.3, -0.25) is 14.5 Å². The van der Waals surface area contributed by atoms with Crippen molar-refractivity contribution in [1.29, 1.82) is 0 Å². The Balaban J connectivity index is 1.97. The number of aliphatic hydroxyl groups is 1. The molecule has 0 saturated carbocycles. The average Bonchev–Trinajstić information content (AvgIpc) is 3.11. The molecule has 1 N–H and O–H groups in total. The van der Waals surface area contributed by atoms with E-state index in [2.05, 4.69) is 0 Å². The lowest BCUT2D eigenvalue weighted by Gasteiger charge is -2.26. The number of anilines is 1. The molecule has 1 amide bonds. The molecule has 8 heteroatoms. The van der Waals surface area contributed by atoms with Crippen molar-refractivity contribution in [2.24, 2.45) is 0 Å². The lowest BCUT2D eigenvalue weighted by Crippen LogP contribution is -2.29. The molecule has 0 spiro atoms. The van der Waals surface area contributed by atoms with E-state index in [-0.39, 0.29) is 21.9 Å². The number of aliphatic hydroxyl groups excluding tert-OH is 1. The second-order valence-electron chi connectivity index (χ2n) is 8.21. The van der Waals surface area contributed by atoms with Gasteiger partial charge in [-0.1, -0.05) is 41.4 Å². The SMILES string of the molecule is CCOc1ccc(/C(O)=C2/C(=O)C(=O)N(c3cccc(C)c3)C2c2ccc(Cl)c(Cl)c2)c(OCC)c1. The minimum absolute atomic E-state index is 0.0787. The van der Waals surface area contributed by atoms with Crippen LogP contribution in [0.25, 0.3) is 5.76 Å². The number of halogens is 2. The van der Waals surface area contributed by atoms with E-state index in [1.807, 2.05) is 26.8 Å². The van der Waals surface area contributed by atoms with Crippen LogP contribution < -0.4 is 14.4 Å². The van der Waals surface area contributed by atoms with Gasteiger partial charge in [0.05, 0.1) is 40.4 Å². The van der Waals surface area contributed by atoms with Gasteiger partial charge in [-0.15, -0.1) is 0 Å². The van der Waals surface area contributed by atoms with E-state index in [0.29, 0.717) is 41.0 Å². The van der Waals surface area contributed by atoms with Crippen molar-refractivity contribution in [3.05, 3.63) is 93.0 Å². The zero-order chi connectivity index (χ0) is 26.0. The number of rotatable bonds is 7. The predicted molar refractivity (Wildman–Crippen MR) is 141 cm³/mol. The summed E-state index contributed by atoms with van der Waals surface area (Å²) in [6, 6.07) is 16.1. The maximum Gasteiger partial charge on any atom is 0.300 e. The number of ketones is 1. The quantitative estimate of drug-likeness (QED) is 0.210. The number of aryl methyl sites for hydroxylation is 1. The largest absolute Gasteiger partial charge is 0.507 e. The van der Waals surface area contributed by atoms with Crippen LogP contribution in [0.2, 0.25) is 10.0 Å². The van der Waals surface area contributed by atoms with Gasteiger partial charge in [0.25, 0.3) is 11.7 Å². The molecule has 0 aliphatic carbocycles. The molecule has 1 saturated heterocycles. The van der Waals surface area contributed by atoms with Crippen molar-refractivity contribution in [1.82, 2.24) is 0 Å². The average molecular weight is 526 g/mol. The molecule has 36 heavy (non-hydrogen) atoms. The number of ether oxygens (including phenoxy) is 2. The van der Waals surface area contributed by atoms with Gasteiger partial charge in [0.1, 0.15) is 17.3 Å². The topological polar surface area (TPSA) is 76.1 Å². The highest BCUT2D eigenvalue weighted by Gasteiger charge is 2.47. The summed E-state index contributed by atoms with van der Waals surface area (Å²) in [4.78, 5) is 28.2. The summed E-state index contributed by atoms with van der Waals surface area (Å²) in [7, 11) is 0. The maximum atomic E-state index is 13.4. The van der Waals surface area contributed by atoms with E-state index in [0.717, 1.165) is 5.56 Å². The number of carbonyl (C=O) groups is 2. The van der Waals surface area contributed by atoms with Crippen LogP contribution in [0.15, 0.2) is 66.2 Å². The number of amides is 1. The highest BCUT2D eigenvalue weighted by Crippen LogP contribution is 2.44. The Bertz CT molecular complexity index is 1370. The zero-order valence-electron chi connectivity index (χ0n) is 20.0. The van der Waals surface area contributed by atoms with Gasteiger partial charge in [-0.25, -0.2) is 0 Å². The molecule has 6 nitrogen and oxygen atoms in total. The third-order valence-electron chi connectivity index (χ3n) is 5.80. The second-order valence-corrected chi connectivity index (χ2v) is 9.02. The Labute approximate surface area is 219 Å². The smallest absolute Gasteiger partial charge is 0.300 e. The van der Waals surface area contributed by atoms with Crippen LogP contribution in [-0.4, -0.2) is 30.0 Å². The lowest BCUT2D eigenvalue weighted by atomic mass is 9.94. The molecule has 1 fully saturated rings. The Morgan fingerprint density at radius 2 is 1.69 bits per heavy atom. The van der Waals surface area contributed by atoms with Crippen molar-refractivity contribution in [2.45, 2.75) is 26.8 Å². The fourth-order valence-electron chi connectivity index (χ4n) is 4.25. The van der Waals surface area contributed by atoms with E-state index < -0.39 is 17.7 Å². The van der Waals surface area contributed by atoms with Crippen LogP contribution in [0.5, 0.6) is 11.5 Å². The molecule has 0 bridgehead atoms. The number of hydrogen-bond donors (Lipinski definition) is 1. The van der Waals surface area contributed by atoms with Crippen LogP contribution >= 0.6 is 23.2 Å². The van der Waals surface area contributed by atoms with E-state index in [4.69, 9.17) is 32.7 Å². The number of nitrogens with zero attached hydrogens (tertiary/aromatic N) is 1. The first-order valence-corrected chi connectivity index (χ1v) is 12.2. The van der Waals surface area contributed by atoms with Crippen LogP contribution in [-0.2, 0) is 9.59 Å². The standard InChI is InChI=1S/C28H25Cl2NO5/c1-4-35-19-10-11-20(23(15-19)36-5-2)26(32)24-25(17-9-12-21(29)22(30)14-17)31(28(34)27(24)33)18-8-6-7-16(3)13-18/h6-15,25,32H,4-5H2,1-3H3/b26-24-. The molecule has 0 aromatic heterocycles. The fraction of sp³-hybridized carbons (Fsp3) is 0.214. The molecule has 1 heterocycles. The molecule has 0 radical (unpaired) electrons. The highest BCUT2D eigenvalue weighted by molar-refractivity contribution is 6.52. The summed E-state index contributed by atoms with van der Waals surface area (Å²) >= 11 is 12.4. The summed E-state index contributed by atoms with van der Waals surface area (Å²) in [5.41, 5.74) is 2.14. The number of carbonyl (C=O) groups excluding carboxylic acids is 2. The van der Waals surface area contributed by atoms with Gasteiger partial charge in [0, 0.05) is 11.8 Å². The Morgan fingerprint density at radius 1 is 0.944 bits per heavy atom. The van der Waals surface area contributed by atoms with Gasteiger partial charge in [0.2, 0.25) is 0 Å². The van der Waals surface area contributed by atoms with Gasteiger partial charge < -0.3 is 14.6 Å². The summed E-state index contributed by atoms with van der Waals surface area (Å²) in [5, 5.41) is 12.1. The summed E-state index contributed by atoms with van der Waals surface area (Å²) in [6.07, 6.45) is 0. The van der Waals surface area contributed by atoms with Crippen LogP contribution in [0.4, 0.5) is 5.69 Å². The molecule has 1 aliphatic rings. The summed E-state index contributed by atoms with van der Waals surface area (Å²) < 4.78 is 11.3. The summed E-state index contributed by atoms with van der Waals surface area (Å²) in [5.74, 6) is -1.05. The lowest BCUT2D eigenvalue weighted by molar-refractivity contribution is -0.132. The Morgan fingerprint density at radius 3 is 2.36 bits per heavy atom. The minimum atomic E-state index is -0.942. The van der Waals surface area contributed by atoms with Crippen LogP contribution in [0.1, 0.15) is 36.6 Å². The van der Waals surface area contributed by atoms with Crippen molar-refractivity contribution >= 4 is 46.3 Å². The molecule has 1 unspecified atom stereocenters. The van der Waals surface area contributed by atoms with E-state index in [1.54, 1.807) is 54.6 Å². The molecular formula is C28H25Cl2NO5.